The van der Waals surface area contributed by atoms with Crippen LogP contribution in [0.25, 0.3) is 6.08 Å². The zero-order valence-corrected chi connectivity index (χ0v) is 9.39. The van der Waals surface area contributed by atoms with Crippen LogP contribution in [0.5, 0.6) is 0 Å². The van der Waals surface area contributed by atoms with Gasteiger partial charge in [0.15, 0.2) is 0 Å². The molecule has 1 unspecified atom stereocenters. The van der Waals surface area contributed by atoms with Crippen LogP contribution >= 0.6 is 0 Å². The molecule has 0 aromatic heterocycles. The summed E-state index contributed by atoms with van der Waals surface area (Å²) in [6.07, 6.45) is 3.84. The Balaban J connectivity index is 2.42. The Morgan fingerprint density at radius 1 is 1.44 bits per heavy atom. The first-order chi connectivity index (χ1) is 7.72. The summed E-state index contributed by atoms with van der Waals surface area (Å²) in [4.78, 5) is 11.4. The second kappa shape index (κ2) is 6.80. The molecule has 0 fully saturated rings. The van der Waals surface area contributed by atoms with Crippen molar-refractivity contribution in [2.45, 2.75) is 19.4 Å². The van der Waals surface area contributed by atoms with Crippen LogP contribution < -0.4 is 5.32 Å². The summed E-state index contributed by atoms with van der Waals surface area (Å²) < 4.78 is 0. The van der Waals surface area contributed by atoms with Crippen LogP contribution in [0.15, 0.2) is 36.4 Å². The third-order valence-electron chi connectivity index (χ3n) is 2.18. The highest BCUT2D eigenvalue weighted by atomic mass is 16.3. The van der Waals surface area contributed by atoms with Crippen molar-refractivity contribution in [1.82, 2.24) is 5.32 Å². The molecular weight excluding hydrogens is 202 g/mol. The summed E-state index contributed by atoms with van der Waals surface area (Å²) in [5.41, 5.74) is 0.993. The molecule has 3 heteroatoms. The van der Waals surface area contributed by atoms with Crippen molar-refractivity contribution in [3.8, 4) is 0 Å². The van der Waals surface area contributed by atoms with Gasteiger partial charge in [-0.15, -0.1) is 0 Å². The second-order valence-corrected chi connectivity index (χ2v) is 3.67. The molecule has 0 spiro atoms. The van der Waals surface area contributed by atoms with E-state index in [0.29, 0.717) is 6.42 Å². The average molecular weight is 219 g/mol. The maximum absolute atomic E-state index is 11.4. The Morgan fingerprint density at radius 3 is 2.75 bits per heavy atom. The lowest BCUT2D eigenvalue weighted by molar-refractivity contribution is -0.117. The number of hydrogen-bond acceptors (Lipinski definition) is 2. The molecule has 0 aliphatic heterocycles. The number of aliphatic hydroxyl groups is 1. The van der Waals surface area contributed by atoms with Crippen LogP contribution in [0, 0.1) is 0 Å². The van der Waals surface area contributed by atoms with Crippen LogP contribution in [0.3, 0.4) is 0 Å². The number of nitrogens with one attached hydrogen (secondary N) is 1. The van der Waals surface area contributed by atoms with E-state index in [9.17, 15) is 4.79 Å². The number of carbonyl (C=O) groups excluding carboxylic acids is 1. The molecule has 0 aliphatic carbocycles. The number of hydrogen-bond donors (Lipinski definition) is 2. The Morgan fingerprint density at radius 2 is 2.12 bits per heavy atom. The lowest BCUT2D eigenvalue weighted by atomic mass is 10.2. The predicted octanol–water partition coefficient (Wildman–Crippen LogP) is 1.59. The lowest BCUT2D eigenvalue weighted by Crippen LogP contribution is -2.31. The molecule has 0 saturated heterocycles. The highest BCUT2D eigenvalue weighted by molar-refractivity contribution is 5.91. The van der Waals surface area contributed by atoms with Crippen molar-refractivity contribution in [1.29, 1.82) is 0 Å². The molecule has 0 heterocycles. The summed E-state index contributed by atoms with van der Waals surface area (Å²) in [6, 6.07) is 9.64. The molecule has 0 bridgehead atoms. The Kier molecular flexibility index (Phi) is 5.29. The van der Waals surface area contributed by atoms with Gasteiger partial charge in [-0.3, -0.25) is 4.79 Å². The largest absolute Gasteiger partial charge is 0.396 e. The van der Waals surface area contributed by atoms with Crippen LogP contribution in [-0.2, 0) is 4.79 Å². The molecule has 86 valence electrons. The highest BCUT2D eigenvalue weighted by Crippen LogP contribution is 2.00. The molecule has 1 amide bonds. The number of aliphatic hydroxyl groups excluding tert-OH is 1. The summed E-state index contributed by atoms with van der Waals surface area (Å²) in [7, 11) is 0. The highest BCUT2D eigenvalue weighted by Gasteiger charge is 2.02. The van der Waals surface area contributed by atoms with Crippen LogP contribution in [0.1, 0.15) is 18.9 Å². The first kappa shape index (κ1) is 12.5. The summed E-state index contributed by atoms with van der Waals surface area (Å²) in [5.74, 6) is -0.134. The van der Waals surface area contributed by atoms with E-state index in [-0.39, 0.29) is 18.6 Å². The van der Waals surface area contributed by atoms with Gasteiger partial charge in [0.25, 0.3) is 0 Å². The SMILES string of the molecule is CC(CCO)NC(=O)/C=C/c1ccccc1. The van der Waals surface area contributed by atoms with Crippen molar-refractivity contribution < 1.29 is 9.90 Å². The molecule has 2 N–H and O–H groups in total. The third-order valence-corrected chi connectivity index (χ3v) is 2.18. The van der Waals surface area contributed by atoms with Crippen LogP contribution in [-0.4, -0.2) is 23.7 Å². The second-order valence-electron chi connectivity index (χ2n) is 3.67. The molecule has 3 nitrogen and oxygen atoms in total. The van der Waals surface area contributed by atoms with Gasteiger partial charge in [-0.25, -0.2) is 0 Å². The van der Waals surface area contributed by atoms with Crippen molar-refractivity contribution in [3.63, 3.8) is 0 Å². The first-order valence-corrected chi connectivity index (χ1v) is 5.37. The fourth-order valence-electron chi connectivity index (χ4n) is 1.29. The Bertz CT molecular complexity index is 346. The van der Waals surface area contributed by atoms with Crippen molar-refractivity contribution >= 4 is 12.0 Å². The Labute approximate surface area is 95.8 Å². The third kappa shape index (κ3) is 4.75. The van der Waals surface area contributed by atoms with Crippen molar-refractivity contribution in [2.24, 2.45) is 0 Å². The molecular formula is C13H17NO2. The van der Waals surface area contributed by atoms with E-state index in [0.717, 1.165) is 5.56 Å². The van der Waals surface area contributed by atoms with E-state index >= 15 is 0 Å². The normalized spacial score (nSPS) is 12.6. The predicted molar refractivity (Wildman–Crippen MR) is 64.8 cm³/mol. The average Bonchev–Trinajstić information content (AvgIpc) is 2.28. The lowest BCUT2D eigenvalue weighted by Gasteiger charge is -2.09. The summed E-state index contributed by atoms with van der Waals surface area (Å²) in [6.45, 7) is 1.95. The zero-order chi connectivity index (χ0) is 11.8. The standard InChI is InChI=1S/C13H17NO2/c1-11(9-10-15)14-13(16)8-7-12-5-3-2-4-6-12/h2-8,11,15H,9-10H2,1H3,(H,14,16)/b8-7+. The molecule has 0 aliphatic rings. The minimum absolute atomic E-state index is 0.00192. The molecule has 1 atom stereocenters. The van der Waals surface area contributed by atoms with E-state index in [4.69, 9.17) is 5.11 Å². The zero-order valence-electron chi connectivity index (χ0n) is 9.39. The maximum atomic E-state index is 11.4. The van der Waals surface area contributed by atoms with Gasteiger partial charge in [-0.1, -0.05) is 30.3 Å². The topological polar surface area (TPSA) is 49.3 Å². The molecule has 16 heavy (non-hydrogen) atoms. The van der Waals surface area contributed by atoms with E-state index < -0.39 is 0 Å². The van der Waals surface area contributed by atoms with Gasteiger partial charge in [0.2, 0.25) is 5.91 Å². The van der Waals surface area contributed by atoms with Gasteiger partial charge in [0, 0.05) is 18.7 Å². The van der Waals surface area contributed by atoms with E-state index in [2.05, 4.69) is 5.32 Å². The smallest absolute Gasteiger partial charge is 0.244 e. The fourth-order valence-corrected chi connectivity index (χ4v) is 1.29. The van der Waals surface area contributed by atoms with E-state index in [1.807, 2.05) is 37.3 Å². The monoisotopic (exact) mass is 219 g/mol. The van der Waals surface area contributed by atoms with Crippen molar-refractivity contribution in [3.05, 3.63) is 42.0 Å². The van der Waals surface area contributed by atoms with Gasteiger partial charge in [0.1, 0.15) is 0 Å². The number of rotatable bonds is 5. The Hall–Kier alpha value is -1.61. The van der Waals surface area contributed by atoms with Gasteiger partial charge in [-0.2, -0.15) is 0 Å². The van der Waals surface area contributed by atoms with E-state index in [1.165, 1.54) is 6.08 Å². The summed E-state index contributed by atoms with van der Waals surface area (Å²) in [5, 5.41) is 11.5. The minimum Gasteiger partial charge on any atom is -0.396 e. The molecule has 1 rings (SSSR count). The van der Waals surface area contributed by atoms with Gasteiger partial charge >= 0.3 is 0 Å². The van der Waals surface area contributed by atoms with Crippen molar-refractivity contribution in [2.75, 3.05) is 6.61 Å². The number of carbonyl (C=O) groups is 1. The van der Waals surface area contributed by atoms with E-state index in [1.54, 1.807) is 6.08 Å². The minimum atomic E-state index is -0.134. The molecule has 1 aromatic carbocycles. The van der Waals surface area contributed by atoms with Gasteiger partial charge in [0.05, 0.1) is 0 Å². The first-order valence-electron chi connectivity index (χ1n) is 5.37. The van der Waals surface area contributed by atoms with Crippen LogP contribution in [0.4, 0.5) is 0 Å². The van der Waals surface area contributed by atoms with Gasteiger partial charge < -0.3 is 10.4 Å². The quantitative estimate of drug-likeness (QED) is 0.739. The van der Waals surface area contributed by atoms with Crippen LogP contribution in [0.2, 0.25) is 0 Å². The van der Waals surface area contributed by atoms with Gasteiger partial charge in [-0.05, 0) is 25.0 Å². The molecule has 0 saturated carbocycles. The fraction of sp³-hybridized carbons (Fsp3) is 0.308. The number of amides is 1. The number of benzene rings is 1. The maximum Gasteiger partial charge on any atom is 0.244 e. The molecule has 0 radical (unpaired) electrons. The molecule has 1 aromatic rings. The summed E-state index contributed by atoms with van der Waals surface area (Å²) >= 11 is 0.